The predicted molar refractivity (Wildman–Crippen MR) is 55.9 cm³/mol. The molecule has 4 heteroatoms. The Morgan fingerprint density at radius 1 is 0.846 bits per heavy atom. The fourth-order valence-corrected chi connectivity index (χ4v) is 0.300. The van der Waals surface area contributed by atoms with Gasteiger partial charge in [0, 0.05) is 0 Å². The van der Waals surface area contributed by atoms with E-state index in [1.54, 1.807) is 0 Å². The molecule has 0 saturated heterocycles. The lowest BCUT2D eigenvalue weighted by Crippen LogP contribution is -2.36. The van der Waals surface area contributed by atoms with E-state index in [9.17, 15) is 0 Å². The van der Waals surface area contributed by atoms with E-state index in [4.69, 9.17) is 5.11 Å². The zero-order valence-corrected chi connectivity index (χ0v) is 10.2. The molecule has 0 amide bonds. The van der Waals surface area contributed by atoms with Crippen LogP contribution >= 0.6 is 0 Å². The van der Waals surface area contributed by atoms with E-state index >= 15 is 0 Å². The molecule has 0 aromatic heterocycles. The summed E-state index contributed by atoms with van der Waals surface area (Å²) in [6, 6.07) is 0. The molecule has 0 aliphatic rings. The molecular formula is C9H27N2O2+. The SMILES string of the molecule is C[N+](C)(C)C.C[N+](C)(C)CCO.[OH-]. The Kier molecular flexibility index (Phi) is 10.4. The minimum atomic E-state index is 0. The van der Waals surface area contributed by atoms with E-state index in [2.05, 4.69) is 49.3 Å². The number of aliphatic hydroxyl groups excluding tert-OH is 1. The summed E-state index contributed by atoms with van der Waals surface area (Å²) in [5.41, 5.74) is 0. The van der Waals surface area contributed by atoms with Crippen molar-refractivity contribution in [1.29, 1.82) is 0 Å². The first-order valence-corrected chi connectivity index (χ1v) is 4.26. The molecule has 0 spiro atoms. The molecule has 0 saturated carbocycles. The molecule has 0 aliphatic heterocycles. The van der Waals surface area contributed by atoms with Crippen LogP contribution in [-0.2, 0) is 0 Å². The van der Waals surface area contributed by atoms with Crippen molar-refractivity contribution in [1.82, 2.24) is 0 Å². The van der Waals surface area contributed by atoms with Gasteiger partial charge in [0.15, 0.2) is 0 Å². The summed E-state index contributed by atoms with van der Waals surface area (Å²) >= 11 is 0. The van der Waals surface area contributed by atoms with Crippen LogP contribution in [0, 0.1) is 0 Å². The fourth-order valence-electron chi connectivity index (χ4n) is 0.300. The number of hydrogen-bond donors (Lipinski definition) is 1. The van der Waals surface area contributed by atoms with E-state index < -0.39 is 0 Å². The molecule has 84 valence electrons. The lowest BCUT2D eigenvalue weighted by Gasteiger charge is -2.21. The molecule has 0 bridgehead atoms. The number of nitrogens with zero attached hydrogens (tertiary/aromatic N) is 2. The van der Waals surface area contributed by atoms with Gasteiger partial charge in [0.25, 0.3) is 0 Å². The minimum absolute atomic E-state index is 0. The fraction of sp³-hybridized carbons (Fsp3) is 1.00. The first kappa shape index (κ1) is 18.6. The Morgan fingerprint density at radius 3 is 1.08 bits per heavy atom. The van der Waals surface area contributed by atoms with Crippen molar-refractivity contribution < 1.29 is 19.5 Å². The lowest BCUT2D eigenvalue weighted by molar-refractivity contribution is -0.870. The highest BCUT2D eigenvalue weighted by Gasteiger charge is 2.02. The van der Waals surface area contributed by atoms with Crippen LogP contribution < -0.4 is 0 Å². The highest BCUT2D eigenvalue weighted by Crippen LogP contribution is 1.84. The van der Waals surface area contributed by atoms with Crippen molar-refractivity contribution in [3.8, 4) is 0 Å². The lowest BCUT2D eigenvalue weighted by atomic mass is 10.5. The largest absolute Gasteiger partial charge is 0.870 e. The average molecular weight is 195 g/mol. The number of aliphatic hydroxyl groups is 1. The van der Waals surface area contributed by atoms with E-state index in [0.717, 1.165) is 15.5 Å². The summed E-state index contributed by atoms with van der Waals surface area (Å²) in [6.07, 6.45) is 0. The number of quaternary nitrogens is 2. The van der Waals surface area contributed by atoms with Crippen molar-refractivity contribution in [2.75, 3.05) is 62.5 Å². The zero-order valence-electron chi connectivity index (χ0n) is 10.2. The molecule has 13 heavy (non-hydrogen) atoms. The van der Waals surface area contributed by atoms with Gasteiger partial charge in [-0.05, 0) is 0 Å². The molecule has 0 aromatic carbocycles. The van der Waals surface area contributed by atoms with Crippen LogP contribution in [0.2, 0.25) is 0 Å². The molecule has 2 N–H and O–H groups in total. The van der Waals surface area contributed by atoms with Gasteiger partial charge in [-0.15, -0.1) is 0 Å². The topological polar surface area (TPSA) is 50.2 Å². The summed E-state index contributed by atoms with van der Waals surface area (Å²) in [7, 11) is 14.7. The van der Waals surface area contributed by atoms with Crippen molar-refractivity contribution >= 4 is 0 Å². The monoisotopic (exact) mass is 195 g/mol. The Morgan fingerprint density at radius 2 is 1.08 bits per heavy atom. The third kappa shape index (κ3) is 77.7. The molecule has 0 radical (unpaired) electrons. The maximum absolute atomic E-state index is 8.39. The second kappa shape index (κ2) is 7.26. The minimum Gasteiger partial charge on any atom is -0.870 e. The van der Waals surface area contributed by atoms with Gasteiger partial charge in [0.05, 0.1) is 55.9 Å². The maximum atomic E-state index is 8.39. The summed E-state index contributed by atoms with van der Waals surface area (Å²) in [4.78, 5) is 0. The van der Waals surface area contributed by atoms with Gasteiger partial charge in [-0.1, -0.05) is 0 Å². The Hall–Kier alpha value is -0.160. The first-order chi connectivity index (χ1) is 5.06. The van der Waals surface area contributed by atoms with E-state index in [0.29, 0.717) is 0 Å². The van der Waals surface area contributed by atoms with Crippen LogP contribution in [0.1, 0.15) is 0 Å². The van der Waals surface area contributed by atoms with Gasteiger partial charge < -0.3 is 19.5 Å². The van der Waals surface area contributed by atoms with E-state index in [1.807, 2.05) is 0 Å². The highest BCUT2D eigenvalue weighted by atomic mass is 16.3. The third-order valence-corrected chi connectivity index (χ3v) is 0.771. The van der Waals surface area contributed by atoms with Crippen molar-refractivity contribution in [3.05, 3.63) is 0 Å². The summed E-state index contributed by atoms with van der Waals surface area (Å²) < 4.78 is 1.84. The summed E-state index contributed by atoms with van der Waals surface area (Å²) in [6.45, 7) is 1.11. The molecule has 0 fully saturated rings. The number of rotatable bonds is 2. The predicted octanol–water partition coefficient (Wildman–Crippen LogP) is -0.169. The smallest absolute Gasteiger partial charge is 0.101 e. The molecule has 0 unspecified atom stereocenters. The van der Waals surface area contributed by atoms with Crippen LogP contribution in [0.15, 0.2) is 0 Å². The zero-order chi connectivity index (χ0) is 10.4. The van der Waals surface area contributed by atoms with Gasteiger partial charge in [-0.3, -0.25) is 0 Å². The van der Waals surface area contributed by atoms with E-state index in [-0.39, 0.29) is 12.1 Å². The standard InChI is InChI=1S/C5H14NO.C4H12N.H2O/c1-6(2,3)4-5-7;1-5(2,3)4;/h7H,4-5H2,1-3H3;1-4H3;1H2/q2*+1;/p-1. The van der Waals surface area contributed by atoms with E-state index in [1.165, 1.54) is 0 Å². The van der Waals surface area contributed by atoms with Crippen molar-refractivity contribution in [3.63, 3.8) is 0 Å². The van der Waals surface area contributed by atoms with Crippen LogP contribution in [0.25, 0.3) is 0 Å². The average Bonchev–Trinajstić information content (AvgIpc) is 1.54. The van der Waals surface area contributed by atoms with Crippen LogP contribution in [0.4, 0.5) is 0 Å². The van der Waals surface area contributed by atoms with Gasteiger partial charge >= 0.3 is 0 Å². The maximum Gasteiger partial charge on any atom is 0.101 e. The van der Waals surface area contributed by atoms with Crippen LogP contribution in [-0.4, -0.2) is 82.0 Å². The quantitative estimate of drug-likeness (QED) is 0.622. The van der Waals surface area contributed by atoms with Crippen LogP contribution in [0.3, 0.4) is 0 Å². The second-order valence-electron chi connectivity index (χ2n) is 5.42. The number of likely N-dealkylation sites (N-methyl/N-ethyl adjacent to an activating group) is 1. The highest BCUT2D eigenvalue weighted by molar-refractivity contribution is 4.19. The first-order valence-electron chi connectivity index (χ1n) is 4.26. The Balaban J connectivity index is -0.000000150. The molecule has 0 aromatic rings. The normalized spacial score (nSPS) is 11.1. The molecule has 0 atom stereocenters. The van der Waals surface area contributed by atoms with Crippen molar-refractivity contribution in [2.45, 2.75) is 0 Å². The Bertz CT molecular complexity index is 97.2. The molecule has 4 nitrogen and oxygen atoms in total. The third-order valence-electron chi connectivity index (χ3n) is 0.771. The molecule has 0 heterocycles. The van der Waals surface area contributed by atoms with Gasteiger partial charge in [-0.25, -0.2) is 0 Å². The molecule has 0 aliphatic carbocycles. The van der Waals surface area contributed by atoms with Gasteiger partial charge in [-0.2, -0.15) is 0 Å². The van der Waals surface area contributed by atoms with Gasteiger partial charge in [0.2, 0.25) is 0 Å². The summed E-state index contributed by atoms with van der Waals surface area (Å²) in [5.74, 6) is 0. The number of hydrogen-bond acceptors (Lipinski definition) is 2. The summed E-state index contributed by atoms with van der Waals surface area (Å²) in [5, 5.41) is 8.39. The second-order valence-corrected chi connectivity index (χ2v) is 5.42. The van der Waals surface area contributed by atoms with Crippen LogP contribution in [0.5, 0.6) is 0 Å². The Labute approximate surface area is 82.9 Å². The van der Waals surface area contributed by atoms with Gasteiger partial charge in [0.1, 0.15) is 6.54 Å². The van der Waals surface area contributed by atoms with Crippen molar-refractivity contribution in [2.24, 2.45) is 0 Å². The molecular weight excluding hydrogens is 168 g/mol. The molecule has 0 rings (SSSR count).